The Morgan fingerprint density at radius 1 is 1.19 bits per heavy atom. The molecular formula is C17H17BrFNO5S2. The highest BCUT2D eigenvalue weighted by molar-refractivity contribution is 9.10. The topological polar surface area (TPSA) is 81.7 Å². The van der Waals surface area contributed by atoms with E-state index in [-0.39, 0.29) is 17.3 Å². The van der Waals surface area contributed by atoms with Gasteiger partial charge in [-0.1, -0.05) is 15.9 Å². The fourth-order valence-electron chi connectivity index (χ4n) is 1.89. The lowest BCUT2D eigenvalue weighted by atomic mass is 10.3. The number of benzene rings is 2. The van der Waals surface area contributed by atoms with Gasteiger partial charge in [0, 0.05) is 15.1 Å². The number of hydrogen-bond donors (Lipinski definition) is 1. The lowest BCUT2D eigenvalue weighted by Gasteiger charge is -2.11. The smallest absolute Gasteiger partial charge is 0.343 e. The monoisotopic (exact) mass is 477 g/mol. The number of alkyl halides is 1. The molecular weight excluding hydrogens is 461 g/mol. The van der Waals surface area contributed by atoms with E-state index in [0.29, 0.717) is 5.75 Å². The Morgan fingerprint density at radius 3 is 2.41 bits per heavy atom. The van der Waals surface area contributed by atoms with Crippen LogP contribution in [0.5, 0.6) is 5.75 Å². The summed E-state index contributed by atoms with van der Waals surface area (Å²) in [5.74, 6) is -0.123. The third-order valence-corrected chi connectivity index (χ3v) is 6.26. The first-order chi connectivity index (χ1) is 12.8. The van der Waals surface area contributed by atoms with Gasteiger partial charge in [-0.3, -0.25) is 0 Å². The number of carbonyl (C=O) groups is 1. The normalized spacial score (nSPS) is 12.4. The van der Waals surface area contributed by atoms with Crippen LogP contribution in [0.1, 0.15) is 0 Å². The van der Waals surface area contributed by atoms with Gasteiger partial charge < -0.3 is 9.47 Å². The lowest BCUT2D eigenvalue weighted by Crippen LogP contribution is -2.33. The van der Waals surface area contributed by atoms with E-state index in [1.54, 1.807) is 36.4 Å². The zero-order valence-electron chi connectivity index (χ0n) is 14.2. The van der Waals surface area contributed by atoms with E-state index in [0.717, 1.165) is 21.1 Å². The van der Waals surface area contributed by atoms with Crippen LogP contribution in [-0.4, -0.2) is 40.2 Å². The molecule has 1 unspecified atom stereocenters. The van der Waals surface area contributed by atoms with Gasteiger partial charge in [0.25, 0.3) is 0 Å². The number of sulfonamides is 1. The van der Waals surface area contributed by atoms with Gasteiger partial charge in [-0.05, 0) is 48.5 Å². The van der Waals surface area contributed by atoms with Crippen molar-refractivity contribution in [2.45, 2.75) is 16.1 Å². The number of nitrogens with one attached hydrogen (secondary N) is 1. The zero-order valence-corrected chi connectivity index (χ0v) is 17.4. The highest BCUT2D eigenvalue weighted by Crippen LogP contribution is 2.23. The Balaban J connectivity index is 1.85. The summed E-state index contributed by atoms with van der Waals surface area (Å²) in [6.07, 6.45) is -1.75. The van der Waals surface area contributed by atoms with Crippen LogP contribution in [-0.2, 0) is 19.6 Å². The molecule has 2 aromatic rings. The molecule has 2 aromatic carbocycles. The standard InChI is InChI=1S/C17H17BrFNO5S2/c1-24-17(21)10-25-13-4-6-14(7-5-13)26-11-16(19)20-27(22,23)15-8-2-12(18)3-9-15/h2-9,16,20H,10-11H2,1H3. The summed E-state index contributed by atoms with van der Waals surface area (Å²) in [6.45, 7) is -0.201. The van der Waals surface area contributed by atoms with Crippen LogP contribution < -0.4 is 9.46 Å². The molecule has 146 valence electrons. The largest absolute Gasteiger partial charge is 0.482 e. The lowest BCUT2D eigenvalue weighted by molar-refractivity contribution is -0.142. The quantitative estimate of drug-likeness (QED) is 0.338. The average molecular weight is 478 g/mol. The molecule has 0 aliphatic carbocycles. The highest BCUT2D eigenvalue weighted by atomic mass is 79.9. The second-order valence-electron chi connectivity index (χ2n) is 5.19. The predicted molar refractivity (Wildman–Crippen MR) is 104 cm³/mol. The first kappa shape index (κ1) is 21.7. The van der Waals surface area contributed by atoms with E-state index in [4.69, 9.17) is 4.74 Å². The summed E-state index contributed by atoms with van der Waals surface area (Å²) < 4.78 is 50.8. The maximum absolute atomic E-state index is 14.1. The van der Waals surface area contributed by atoms with E-state index in [1.807, 2.05) is 4.72 Å². The van der Waals surface area contributed by atoms with Crippen molar-refractivity contribution in [2.75, 3.05) is 19.5 Å². The molecule has 0 saturated heterocycles. The van der Waals surface area contributed by atoms with Crippen molar-refractivity contribution in [3.8, 4) is 5.75 Å². The number of rotatable bonds is 9. The SMILES string of the molecule is COC(=O)COc1ccc(SCC(F)NS(=O)(=O)c2ccc(Br)cc2)cc1. The number of methoxy groups -OCH3 is 1. The van der Waals surface area contributed by atoms with Gasteiger partial charge in [-0.15, -0.1) is 11.8 Å². The minimum Gasteiger partial charge on any atom is -0.482 e. The first-order valence-electron chi connectivity index (χ1n) is 7.64. The van der Waals surface area contributed by atoms with Gasteiger partial charge >= 0.3 is 5.97 Å². The van der Waals surface area contributed by atoms with Crippen LogP contribution in [0, 0.1) is 0 Å². The highest BCUT2D eigenvalue weighted by Gasteiger charge is 2.19. The fourth-order valence-corrected chi connectivity index (χ4v) is 4.06. The maximum atomic E-state index is 14.1. The third-order valence-electron chi connectivity index (χ3n) is 3.21. The Labute approximate surface area is 169 Å². The summed E-state index contributed by atoms with van der Waals surface area (Å²) in [6, 6.07) is 12.6. The molecule has 0 fully saturated rings. The van der Waals surface area contributed by atoms with Gasteiger partial charge in [0.15, 0.2) is 12.9 Å². The van der Waals surface area contributed by atoms with Gasteiger partial charge in [0.05, 0.1) is 12.0 Å². The molecule has 27 heavy (non-hydrogen) atoms. The molecule has 0 aromatic heterocycles. The Morgan fingerprint density at radius 2 is 1.81 bits per heavy atom. The van der Waals surface area contributed by atoms with E-state index in [2.05, 4.69) is 20.7 Å². The van der Waals surface area contributed by atoms with Gasteiger partial charge in [0.2, 0.25) is 10.0 Å². The first-order valence-corrected chi connectivity index (χ1v) is 10.9. The molecule has 1 atom stereocenters. The van der Waals surface area contributed by atoms with Crippen LogP contribution in [0.3, 0.4) is 0 Å². The van der Waals surface area contributed by atoms with Crippen LogP contribution in [0.15, 0.2) is 62.8 Å². The molecule has 0 spiro atoms. The van der Waals surface area contributed by atoms with Gasteiger partial charge in [0.1, 0.15) is 5.75 Å². The summed E-state index contributed by atoms with van der Waals surface area (Å²) >= 11 is 4.36. The van der Waals surface area contributed by atoms with Crippen molar-refractivity contribution in [1.82, 2.24) is 4.72 Å². The molecule has 10 heteroatoms. The van der Waals surface area contributed by atoms with Crippen LogP contribution in [0.4, 0.5) is 4.39 Å². The number of esters is 1. The van der Waals surface area contributed by atoms with E-state index in [9.17, 15) is 17.6 Å². The van der Waals surface area contributed by atoms with Crippen molar-refractivity contribution in [3.05, 3.63) is 53.0 Å². The van der Waals surface area contributed by atoms with Crippen LogP contribution in [0.2, 0.25) is 0 Å². The molecule has 0 heterocycles. The molecule has 0 amide bonds. The second-order valence-corrected chi connectivity index (χ2v) is 8.91. The van der Waals surface area contributed by atoms with Crippen LogP contribution >= 0.6 is 27.7 Å². The Hall–Kier alpha value is -1.62. The summed E-state index contributed by atoms with van der Waals surface area (Å²) in [5, 5.41) is 0. The molecule has 1 N–H and O–H groups in total. The fraction of sp³-hybridized carbons (Fsp3) is 0.235. The number of thioether (sulfide) groups is 1. The second kappa shape index (κ2) is 10.1. The summed E-state index contributed by atoms with van der Waals surface area (Å²) in [5.41, 5.74) is 0. The van der Waals surface area contributed by atoms with Crippen molar-refractivity contribution in [3.63, 3.8) is 0 Å². The Bertz CT molecular complexity index is 860. The number of halogens is 2. The zero-order chi connectivity index (χ0) is 19.9. The number of carbonyl (C=O) groups excluding carboxylic acids is 1. The van der Waals surface area contributed by atoms with E-state index < -0.39 is 22.3 Å². The average Bonchev–Trinajstić information content (AvgIpc) is 2.65. The van der Waals surface area contributed by atoms with E-state index >= 15 is 0 Å². The van der Waals surface area contributed by atoms with Crippen LogP contribution in [0.25, 0.3) is 0 Å². The minimum absolute atomic E-state index is 0.00884. The van der Waals surface area contributed by atoms with Gasteiger partial charge in [-0.25, -0.2) is 17.6 Å². The van der Waals surface area contributed by atoms with Crippen molar-refractivity contribution in [2.24, 2.45) is 0 Å². The molecule has 0 saturated carbocycles. The van der Waals surface area contributed by atoms with Crippen molar-refractivity contribution < 1.29 is 27.1 Å². The molecule has 6 nitrogen and oxygen atoms in total. The summed E-state index contributed by atoms with van der Waals surface area (Å²) in [7, 11) is -2.66. The predicted octanol–water partition coefficient (Wildman–Crippen LogP) is 3.37. The molecule has 0 radical (unpaired) electrons. The minimum atomic E-state index is -3.93. The van der Waals surface area contributed by atoms with Gasteiger partial charge in [-0.2, -0.15) is 4.72 Å². The number of ether oxygens (including phenoxy) is 2. The molecule has 0 bridgehead atoms. The Kier molecular flexibility index (Phi) is 8.08. The van der Waals surface area contributed by atoms with Crippen molar-refractivity contribution in [1.29, 1.82) is 0 Å². The number of hydrogen-bond acceptors (Lipinski definition) is 6. The molecule has 0 aliphatic rings. The molecule has 0 aliphatic heterocycles. The van der Waals surface area contributed by atoms with E-state index in [1.165, 1.54) is 19.2 Å². The molecule has 2 rings (SSSR count). The maximum Gasteiger partial charge on any atom is 0.343 e. The van der Waals surface area contributed by atoms with Crippen molar-refractivity contribution >= 4 is 43.7 Å². The summed E-state index contributed by atoms with van der Waals surface area (Å²) in [4.78, 5) is 11.7. The third kappa shape index (κ3) is 7.13.